The summed E-state index contributed by atoms with van der Waals surface area (Å²) < 4.78 is 0. The van der Waals surface area contributed by atoms with E-state index in [-0.39, 0.29) is 0 Å². The van der Waals surface area contributed by atoms with Gasteiger partial charge in [-0.25, -0.2) is 0 Å². The van der Waals surface area contributed by atoms with E-state index in [0.717, 1.165) is 6.42 Å². The smallest absolute Gasteiger partial charge is 0.0151 e. The highest BCUT2D eigenvalue weighted by molar-refractivity contribution is 5.46. The number of aryl methyl sites for hydroxylation is 1. The van der Waals surface area contributed by atoms with Gasteiger partial charge in [-0.15, -0.1) is 0 Å². The third kappa shape index (κ3) is 0.766. The van der Waals surface area contributed by atoms with E-state index in [1.54, 1.807) is 0 Å². The Hall–Kier alpha value is -1.04. The first-order valence-electron chi connectivity index (χ1n) is 3.63. The van der Waals surface area contributed by atoms with Crippen LogP contribution in [0.1, 0.15) is 12.0 Å². The minimum Gasteiger partial charge on any atom is -0.0729 e. The average molecular weight is 130 g/mol. The standard InChI is InChI=1S/C10H10/c1-8-5-6-9-3-2-4-10(9)7-8/h3-7H,2H2,1H3. The number of hydrogen-bond acceptors (Lipinski definition) is 0. The van der Waals surface area contributed by atoms with Crippen molar-refractivity contribution < 1.29 is 0 Å². The summed E-state index contributed by atoms with van der Waals surface area (Å²) in [6.07, 6.45) is 5.63. The van der Waals surface area contributed by atoms with Crippen LogP contribution in [0, 0.1) is 6.92 Å². The van der Waals surface area contributed by atoms with Crippen LogP contribution in [-0.2, 0) is 0 Å². The molecule has 0 saturated carbocycles. The molecule has 0 N–H and O–H groups in total. The third-order valence-corrected chi connectivity index (χ3v) is 1.92. The maximum absolute atomic E-state index is 2.27. The molecular weight excluding hydrogens is 120 g/mol. The van der Waals surface area contributed by atoms with Crippen LogP contribution in [-0.4, -0.2) is 0 Å². The van der Waals surface area contributed by atoms with Crippen molar-refractivity contribution in [1.82, 2.24) is 0 Å². The largest absolute Gasteiger partial charge is 0.0729 e. The summed E-state index contributed by atoms with van der Waals surface area (Å²) in [7, 11) is 0. The second-order valence-electron chi connectivity index (χ2n) is 2.78. The van der Waals surface area contributed by atoms with E-state index in [9.17, 15) is 0 Å². The van der Waals surface area contributed by atoms with Crippen LogP contribution in [0.4, 0.5) is 0 Å². The van der Waals surface area contributed by atoms with Gasteiger partial charge in [0.1, 0.15) is 0 Å². The monoisotopic (exact) mass is 130 g/mol. The average Bonchev–Trinajstić information content (AvgIpc) is 2.33. The van der Waals surface area contributed by atoms with Gasteiger partial charge in [-0.2, -0.15) is 0 Å². The zero-order valence-corrected chi connectivity index (χ0v) is 6.09. The first-order chi connectivity index (χ1) is 4.86. The van der Waals surface area contributed by atoms with Crippen LogP contribution < -0.4 is 10.4 Å². The van der Waals surface area contributed by atoms with Gasteiger partial charge in [-0.1, -0.05) is 35.9 Å². The minimum atomic E-state index is 1.11. The van der Waals surface area contributed by atoms with E-state index >= 15 is 0 Å². The molecule has 1 aliphatic rings. The molecule has 0 aromatic heterocycles. The summed E-state index contributed by atoms with van der Waals surface area (Å²) in [6.45, 7) is 2.13. The van der Waals surface area contributed by atoms with E-state index < -0.39 is 0 Å². The van der Waals surface area contributed by atoms with E-state index in [4.69, 9.17) is 0 Å². The van der Waals surface area contributed by atoms with E-state index in [1.165, 1.54) is 16.0 Å². The molecule has 0 nitrogen and oxygen atoms in total. The Balaban J connectivity index is 2.88. The molecule has 0 heteroatoms. The third-order valence-electron chi connectivity index (χ3n) is 1.92. The summed E-state index contributed by atoms with van der Waals surface area (Å²) in [6, 6.07) is 6.58. The molecule has 1 aliphatic carbocycles. The van der Waals surface area contributed by atoms with Crippen molar-refractivity contribution >= 4 is 12.2 Å². The lowest BCUT2D eigenvalue weighted by Crippen LogP contribution is -2.20. The predicted octanol–water partition coefficient (Wildman–Crippen LogP) is 0.960. The molecule has 0 atom stereocenters. The van der Waals surface area contributed by atoms with Crippen LogP contribution in [0.5, 0.6) is 0 Å². The van der Waals surface area contributed by atoms with Gasteiger partial charge in [0.25, 0.3) is 0 Å². The van der Waals surface area contributed by atoms with Gasteiger partial charge >= 0.3 is 0 Å². The first-order valence-corrected chi connectivity index (χ1v) is 3.63. The topological polar surface area (TPSA) is 0 Å². The molecule has 0 aliphatic heterocycles. The van der Waals surface area contributed by atoms with Gasteiger partial charge in [0.05, 0.1) is 0 Å². The van der Waals surface area contributed by atoms with Crippen molar-refractivity contribution in [3.63, 3.8) is 0 Å². The van der Waals surface area contributed by atoms with Crippen molar-refractivity contribution in [2.24, 2.45) is 0 Å². The van der Waals surface area contributed by atoms with E-state index in [0.29, 0.717) is 0 Å². The molecule has 50 valence electrons. The highest BCUT2D eigenvalue weighted by Crippen LogP contribution is 1.92. The number of fused-ring (bicyclic) bond motifs is 1. The van der Waals surface area contributed by atoms with Crippen molar-refractivity contribution in [3.8, 4) is 0 Å². The molecule has 0 fully saturated rings. The molecule has 0 radical (unpaired) electrons. The summed E-state index contributed by atoms with van der Waals surface area (Å²) >= 11 is 0. The normalized spacial score (nSPS) is 13.7. The van der Waals surface area contributed by atoms with Crippen LogP contribution in [0.3, 0.4) is 0 Å². The van der Waals surface area contributed by atoms with E-state index in [1.807, 2.05) is 0 Å². The highest BCUT2D eigenvalue weighted by Gasteiger charge is 1.91. The lowest BCUT2D eigenvalue weighted by Gasteiger charge is -1.88. The molecule has 0 spiro atoms. The Morgan fingerprint density at radius 2 is 1.90 bits per heavy atom. The second-order valence-corrected chi connectivity index (χ2v) is 2.78. The lowest BCUT2D eigenvalue weighted by molar-refractivity contribution is 1.41. The van der Waals surface area contributed by atoms with Gasteiger partial charge in [0.2, 0.25) is 0 Å². The Morgan fingerprint density at radius 1 is 1.10 bits per heavy atom. The van der Waals surface area contributed by atoms with Crippen LogP contribution >= 0.6 is 0 Å². The summed E-state index contributed by atoms with van der Waals surface area (Å²) in [5.74, 6) is 0. The van der Waals surface area contributed by atoms with Crippen LogP contribution in [0.15, 0.2) is 18.2 Å². The molecule has 10 heavy (non-hydrogen) atoms. The Morgan fingerprint density at radius 3 is 2.80 bits per heavy atom. The molecule has 0 unspecified atom stereocenters. The fraction of sp³-hybridized carbons (Fsp3) is 0.200. The summed E-state index contributed by atoms with van der Waals surface area (Å²) in [5, 5.41) is 2.80. The van der Waals surface area contributed by atoms with Gasteiger partial charge in [-0.3, -0.25) is 0 Å². The van der Waals surface area contributed by atoms with Gasteiger partial charge in [-0.05, 0) is 23.8 Å². The van der Waals surface area contributed by atoms with Crippen molar-refractivity contribution in [2.75, 3.05) is 0 Å². The van der Waals surface area contributed by atoms with Crippen molar-refractivity contribution in [3.05, 3.63) is 34.2 Å². The SMILES string of the molecule is Cc1ccc2c(c1)=CCC=2. The minimum absolute atomic E-state index is 1.11. The molecule has 0 bridgehead atoms. The van der Waals surface area contributed by atoms with Gasteiger partial charge in [0.15, 0.2) is 0 Å². The molecule has 0 heterocycles. The Bertz CT molecular complexity index is 358. The number of benzene rings is 1. The molecule has 1 aromatic rings. The Labute approximate surface area is 60.5 Å². The molecular formula is C10H10. The lowest BCUT2D eigenvalue weighted by atomic mass is 10.2. The summed E-state index contributed by atoms with van der Waals surface area (Å²) in [4.78, 5) is 0. The number of rotatable bonds is 0. The molecule has 0 saturated heterocycles. The van der Waals surface area contributed by atoms with Crippen molar-refractivity contribution in [2.45, 2.75) is 13.3 Å². The molecule has 2 rings (SSSR count). The van der Waals surface area contributed by atoms with Crippen molar-refractivity contribution in [1.29, 1.82) is 0 Å². The first kappa shape index (κ1) is 5.72. The fourth-order valence-corrected chi connectivity index (χ4v) is 1.37. The summed E-state index contributed by atoms with van der Waals surface area (Å²) in [5.41, 5.74) is 1.35. The maximum Gasteiger partial charge on any atom is -0.0151 e. The maximum atomic E-state index is 2.27. The van der Waals surface area contributed by atoms with Gasteiger partial charge < -0.3 is 0 Å². The number of hydrogen-bond donors (Lipinski definition) is 0. The van der Waals surface area contributed by atoms with E-state index in [2.05, 4.69) is 37.3 Å². The zero-order chi connectivity index (χ0) is 6.97. The second kappa shape index (κ2) is 1.98. The molecule has 1 aromatic carbocycles. The predicted molar refractivity (Wildman–Crippen MR) is 44.0 cm³/mol. The molecule has 0 amide bonds. The van der Waals surface area contributed by atoms with Crippen LogP contribution in [0.25, 0.3) is 12.2 Å². The zero-order valence-electron chi connectivity index (χ0n) is 6.09. The Kier molecular flexibility index (Phi) is 1.13. The quantitative estimate of drug-likeness (QED) is 0.490. The highest BCUT2D eigenvalue weighted by atomic mass is 14.0. The fourth-order valence-electron chi connectivity index (χ4n) is 1.37. The van der Waals surface area contributed by atoms with Gasteiger partial charge in [0, 0.05) is 0 Å². The van der Waals surface area contributed by atoms with Crippen LogP contribution in [0.2, 0.25) is 0 Å².